The summed E-state index contributed by atoms with van der Waals surface area (Å²) < 4.78 is 24.8. The molecule has 0 N–H and O–H groups in total. The van der Waals surface area contributed by atoms with E-state index in [-0.39, 0.29) is 6.42 Å². The van der Waals surface area contributed by atoms with E-state index in [1.54, 1.807) is 121 Å². The molecule has 0 bridgehead atoms. The van der Waals surface area contributed by atoms with Crippen molar-refractivity contribution < 1.29 is 38.1 Å². The third-order valence-corrected chi connectivity index (χ3v) is 13.7. The van der Waals surface area contributed by atoms with Crippen LogP contribution in [0.3, 0.4) is 0 Å². The summed E-state index contributed by atoms with van der Waals surface area (Å²) in [4.78, 5) is 64.4. The first kappa shape index (κ1) is 43.2. The summed E-state index contributed by atoms with van der Waals surface area (Å²) in [6.45, 7) is 5.93. The van der Waals surface area contributed by atoms with Gasteiger partial charge in [0.2, 0.25) is 0 Å². The quantitative estimate of drug-likeness (QED) is 0.126. The molecule has 2 saturated heterocycles. The molecule has 2 fully saturated rings. The minimum absolute atomic E-state index is 0.0336. The number of esters is 4. The summed E-state index contributed by atoms with van der Waals surface area (Å²) in [6.07, 6.45) is -0.0336. The van der Waals surface area contributed by atoms with Gasteiger partial charge in [-0.15, -0.1) is 0 Å². The van der Waals surface area contributed by atoms with Gasteiger partial charge in [0.25, 0.3) is 11.6 Å². The largest absolute Gasteiger partial charge is 0.422 e. The molecule has 0 radical (unpaired) electrons. The average Bonchev–Trinajstić information content (AvgIpc) is 3.22. The normalized spacial score (nSPS) is 24.3. The van der Waals surface area contributed by atoms with Crippen molar-refractivity contribution in [1.29, 1.82) is 0 Å². The van der Waals surface area contributed by atoms with Gasteiger partial charge in [-0.3, -0.25) is 19.2 Å². The van der Waals surface area contributed by atoms with Crippen LogP contribution in [-0.4, -0.2) is 35.5 Å². The van der Waals surface area contributed by atoms with E-state index >= 15 is 19.2 Å². The van der Waals surface area contributed by atoms with E-state index in [1.165, 1.54) is 27.7 Å². The molecular formula is C49H38Cl5NO8. The van der Waals surface area contributed by atoms with E-state index < -0.39 is 70.1 Å². The summed E-state index contributed by atoms with van der Waals surface area (Å²) in [6, 6.07) is 32.9. The second-order valence-electron chi connectivity index (χ2n) is 17.1. The van der Waals surface area contributed by atoms with E-state index in [0.29, 0.717) is 64.3 Å². The SMILES string of the molecule is CC1(C)OC(=O)C2(C(=O)O1)[C@@H](c1ccc(Cl)cc1)C1=C(C[C@@H](c3ccc(Cl)cc3)C3(C(=O)OC(C)(C)OC3=O)[C@H]1c1ccc(Cl)cc1)N(c1ccc(Cl)cc1)[C@H]2c1ccc(Cl)cc1. The Kier molecular flexibility index (Phi) is 10.7. The lowest BCUT2D eigenvalue weighted by molar-refractivity contribution is -0.256. The second-order valence-corrected chi connectivity index (χ2v) is 19.3. The molecule has 0 aromatic heterocycles. The van der Waals surface area contributed by atoms with E-state index in [0.717, 1.165) is 0 Å². The minimum Gasteiger partial charge on any atom is -0.422 e. The van der Waals surface area contributed by atoms with Gasteiger partial charge in [-0.25, -0.2) is 0 Å². The van der Waals surface area contributed by atoms with E-state index in [9.17, 15) is 0 Å². The Labute approximate surface area is 388 Å². The van der Waals surface area contributed by atoms with Gasteiger partial charge in [0.05, 0.1) is 6.04 Å². The molecule has 322 valence electrons. The topological polar surface area (TPSA) is 108 Å². The van der Waals surface area contributed by atoms with Gasteiger partial charge in [-0.2, -0.15) is 0 Å². The van der Waals surface area contributed by atoms with Crippen LogP contribution in [0.15, 0.2) is 133 Å². The highest BCUT2D eigenvalue weighted by Crippen LogP contribution is 2.71. The fourth-order valence-corrected chi connectivity index (χ4v) is 10.7. The molecule has 5 aromatic rings. The predicted octanol–water partition coefficient (Wildman–Crippen LogP) is 12.2. The lowest BCUT2D eigenvalue weighted by Crippen LogP contribution is -2.67. The molecule has 9 nitrogen and oxygen atoms in total. The number of anilines is 1. The number of hydrogen-bond donors (Lipinski definition) is 0. The van der Waals surface area contributed by atoms with Crippen LogP contribution < -0.4 is 4.90 Å². The molecular weight excluding hydrogens is 908 g/mol. The monoisotopic (exact) mass is 943 g/mol. The molecule has 4 atom stereocenters. The van der Waals surface area contributed by atoms with Crippen molar-refractivity contribution in [2.24, 2.45) is 10.8 Å². The van der Waals surface area contributed by atoms with Crippen molar-refractivity contribution in [2.45, 2.75) is 69.5 Å². The maximum Gasteiger partial charge on any atom is 0.330 e. The molecule has 2 spiro atoms. The Morgan fingerprint density at radius 3 is 1.16 bits per heavy atom. The lowest BCUT2D eigenvalue weighted by atomic mass is 9.48. The summed E-state index contributed by atoms with van der Waals surface area (Å²) >= 11 is 32.7. The molecule has 3 heterocycles. The highest BCUT2D eigenvalue weighted by atomic mass is 35.5. The van der Waals surface area contributed by atoms with Crippen LogP contribution in [0.1, 0.15) is 80.2 Å². The van der Waals surface area contributed by atoms with Crippen LogP contribution >= 0.6 is 58.0 Å². The second kappa shape index (κ2) is 15.6. The number of hydrogen-bond acceptors (Lipinski definition) is 9. The van der Waals surface area contributed by atoms with Crippen molar-refractivity contribution in [1.82, 2.24) is 0 Å². The standard InChI is InChI=1S/C49H38Cl5NO8/c1-46(2)60-42(56)48(43(57)61-46)36(26-5-13-30(50)14-6-26)25-37-38(39(48)27-7-15-31(51)16-8-27)40(28-9-17-32(52)18-10-28)49(44(58)62-47(3,4)63-45(49)59)41(29-11-19-33(53)20-12-29)55(37)35-23-21-34(54)22-24-35/h5-24,36,39-41H,25H2,1-4H3/t36-,39-,40-,41-/m0/s1. The number of rotatable bonds is 5. The number of allylic oxidation sites excluding steroid dienone is 2. The van der Waals surface area contributed by atoms with Gasteiger partial charge < -0.3 is 23.8 Å². The maximum absolute atomic E-state index is 15.7. The summed E-state index contributed by atoms with van der Waals surface area (Å²) in [5, 5.41) is 2.02. The number of carbonyl (C=O) groups excluding carboxylic acids is 4. The molecule has 3 aliphatic heterocycles. The zero-order valence-corrected chi connectivity index (χ0v) is 37.9. The lowest BCUT2D eigenvalue weighted by Gasteiger charge is -2.61. The first-order valence-corrected chi connectivity index (χ1v) is 22.0. The predicted molar refractivity (Wildman–Crippen MR) is 240 cm³/mol. The zero-order chi connectivity index (χ0) is 44.8. The number of nitrogens with zero attached hydrogens (tertiary/aromatic N) is 1. The van der Waals surface area contributed by atoms with Crippen LogP contribution in [-0.2, 0) is 38.1 Å². The smallest absolute Gasteiger partial charge is 0.330 e. The molecule has 5 aromatic carbocycles. The Bertz CT molecular complexity index is 2610. The van der Waals surface area contributed by atoms with Gasteiger partial charge >= 0.3 is 23.9 Å². The molecule has 4 aliphatic rings. The zero-order valence-electron chi connectivity index (χ0n) is 34.2. The summed E-state index contributed by atoms with van der Waals surface area (Å²) in [5.74, 6) is -10.5. The van der Waals surface area contributed by atoms with Gasteiger partial charge in [0.1, 0.15) is 0 Å². The first-order valence-electron chi connectivity index (χ1n) is 20.1. The number of halogens is 5. The van der Waals surface area contributed by atoms with E-state index in [1.807, 2.05) is 4.90 Å². The molecule has 0 amide bonds. The van der Waals surface area contributed by atoms with Crippen LogP contribution in [0, 0.1) is 10.8 Å². The molecule has 14 heteroatoms. The highest BCUT2D eigenvalue weighted by molar-refractivity contribution is 6.31. The van der Waals surface area contributed by atoms with Gasteiger partial charge in [0.15, 0.2) is 10.8 Å². The highest BCUT2D eigenvalue weighted by Gasteiger charge is 2.75. The van der Waals surface area contributed by atoms with E-state index in [4.69, 9.17) is 77.0 Å². The van der Waals surface area contributed by atoms with Crippen LogP contribution in [0.2, 0.25) is 25.1 Å². The van der Waals surface area contributed by atoms with Crippen molar-refractivity contribution in [3.63, 3.8) is 0 Å². The third-order valence-electron chi connectivity index (χ3n) is 12.5. The third kappa shape index (κ3) is 6.99. The molecule has 1 aliphatic carbocycles. The van der Waals surface area contributed by atoms with Crippen LogP contribution in [0.25, 0.3) is 0 Å². The fraction of sp³-hybridized carbons (Fsp3) is 0.265. The number of carbonyl (C=O) groups is 4. The van der Waals surface area contributed by atoms with Gasteiger partial charge in [-0.1, -0.05) is 107 Å². The molecule has 9 rings (SSSR count). The molecule has 0 saturated carbocycles. The van der Waals surface area contributed by atoms with Crippen LogP contribution in [0.4, 0.5) is 5.69 Å². The number of ether oxygens (including phenoxy) is 4. The molecule has 63 heavy (non-hydrogen) atoms. The minimum atomic E-state index is -2.31. The summed E-state index contributed by atoms with van der Waals surface area (Å²) in [7, 11) is 0. The van der Waals surface area contributed by atoms with Crippen molar-refractivity contribution in [3.8, 4) is 0 Å². The Morgan fingerprint density at radius 2 is 0.762 bits per heavy atom. The Morgan fingerprint density at radius 1 is 0.444 bits per heavy atom. The fourth-order valence-electron chi connectivity index (χ4n) is 10.1. The van der Waals surface area contributed by atoms with Crippen molar-refractivity contribution in [3.05, 3.63) is 180 Å². The van der Waals surface area contributed by atoms with E-state index in [2.05, 4.69) is 0 Å². The van der Waals surface area contributed by atoms with Crippen LogP contribution in [0.5, 0.6) is 0 Å². The number of benzene rings is 5. The first-order chi connectivity index (χ1) is 29.9. The van der Waals surface area contributed by atoms with Gasteiger partial charge in [-0.05, 0) is 107 Å². The maximum atomic E-state index is 15.7. The van der Waals surface area contributed by atoms with Crippen molar-refractivity contribution >= 4 is 87.6 Å². The average molecular weight is 946 g/mol. The Hall–Kier alpha value is -5.03. The van der Waals surface area contributed by atoms with Crippen molar-refractivity contribution in [2.75, 3.05) is 4.90 Å². The Balaban J connectivity index is 1.51. The number of cyclic esters (lactones) is 4. The van der Waals surface area contributed by atoms with Gasteiger partial charge in [0, 0.05) is 81.9 Å². The summed E-state index contributed by atoms with van der Waals surface area (Å²) in [5.41, 5.74) is -1.12. The molecule has 0 unspecified atom stereocenters.